The third-order valence-electron chi connectivity index (χ3n) is 2.18. The Labute approximate surface area is 112 Å². The van der Waals surface area contributed by atoms with Crippen LogP contribution in [0.5, 0.6) is 11.6 Å². The predicted molar refractivity (Wildman–Crippen MR) is 65.2 cm³/mol. The number of alkyl halides is 1. The highest BCUT2D eigenvalue weighted by Gasteiger charge is 2.11. The first-order valence-electron chi connectivity index (χ1n) is 4.94. The summed E-state index contributed by atoms with van der Waals surface area (Å²) in [4.78, 5) is 3.85. The van der Waals surface area contributed by atoms with E-state index in [1.54, 1.807) is 0 Å². The number of halogens is 4. The summed E-state index contributed by atoms with van der Waals surface area (Å²) in [5.41, 5.74) is 0.597. The molecule has 1 aromatic carbocycles. The maximum absolute atomic E-state index is 13.4. The average Bonchev–Trinajstić information content (AvgIpc) is 2.37. The first-order chi connectivity index (χ1) is 8.61. The zero-order chi connectivity index (χ0) is 13.1. The average molecular weight is 290 g/mol. The third-order valence-corrected chi connectivity index (χ3v) is 2.81. The Morgan fingerprint density at radius 2 is 2.06 bits per heavy atom. The van der Waals surface area contributed by atoms with Gasteiger partial charge in [-0.1, -0.05) is 17.7 Å². The van der Waals surface area contributed by atoms with Crippen LogP contribution in [0.2, 0.25) is 5.02 Å². The van der Waals surface area contributed by atoms with Gasteiger partial charge in [0.15, 0.2) is 11.6 Å². The maximum Gasteiger partial charge on any atom is 0.219 e. The quantitative estimate of drug-likeness (QED) is 0.774. The van der Waals surface area contributed by atoms with Crippen LogP contribution in [0.4, 0.5) is 8.78 Å². The van der Waals surface area contributed by atoms with Crippen molar-refractivity contribution in [3.05, 3.63) is 52.7 Å². The summed E-state index contributed by atoms with van der Waals surface area (Å²) < 4.78 is 31.5. The van der Waals surface area contributed by atoms with E-state index in [0.717, 1.165) is 6.07 Å². The van der Waals surface area contributed by atoms with Crippen molar-refractivity contribution in [2.24, 2.45) is 0 Å². The van der Waals surface area contributed by atoms with Gasteiger partial charge in [-0.3, -0.25) is 0 Å². The molecule has 0 amide bonds. The summed E-state index contributed by atoms with van der Waals surface area (Å²) in [5, 5.41) is 0.386. The van der Waals surface area contributed by atoms with Gasteiger partial charge in [-0.05, 0) is 17.7 Å². The molecule has 0 aliphatic rings. The molecule has 0 N–H and O–H groups in total. The molecule has 0 saturated heterocycles. The van der Waals surface area contributed by atoms with Crippen molar-refractivity contribution in [2.75, 3.05) is 0 Å². The number of nitrogens with zero attached hydrogens (tertiary/aromatic N) is 1. The number of hydrogen-bond acceptors (Lipinski definition) is 2. The second-order valence-corrected chi connectivity index (χ2v) is 4.08. The van der Waals surface area contributed by atoms with Crippen LogP contribution in [-0.4, -0.2) is 4.98 Å². The SMILES string of the molecule is Fc1cccc(Oc2cc(CCl)c(Cl)cn2)c1F. The van der Waals surface area contributed by atoms with Gasteiger partial charge in [0.1, 0.15) is 0 Å². The zero-order valence-electron chi connectivity index (χ0n) is 8.96. The minimum Gasteiger partial charge on any atom is -0.436 e. The minimum atomic E-state index is -1.07. The predicted octanol–water partition coefficient (Wildman–Crippen LogP) is 4.54. The van der Waals surface area contributed by atoms with Gasteiger partial charge in [-0.2, -0.15) is 4.39 Å². The van der Waals surface area contributed by atoms with Crippen LogP contribution < -0.4 is 4.74 Å². The molecule has 2 rings (SSSR count). The lowest BCUT2D eigenvalue weighted by Crippen LogP contribution is -1.94. The van der Waals surface area contributed by atoms with E-state index in [-0.39, 0.29) is 17.5 Å². The fourth-order valence-electron chi connectivity index (χ4n) is 1.29. The molecule has 0 saturated carbocycles. The summed E-state index contributed by atoms with van der Waals surface area (Å²) in [6.07, 6.45) is 1.34. The van der Waals surface area contributed by atoms with Gasteiger partial charge < -0.3 is 4.74 Å². The monoisotopic (exact) mass is 289 g/mol. The summed E-state index contributed by atoms with van der Waals surface area (Å²) >= 11 is 11.5. The molecule has 2 aromatic rings. The van der Waals surface area contributed by atoms with Crippen molar-refractivity contribution in [1.82, 2.24) is 4.98 Å². The topological polar surface area (TPSA) is 22.1 Å². The lowest BCUT2D eigenvalue weighted by molar-refractivity contribution is 0.405. The number of ether oxygens (including phenoxy) is 1. The Bertz CT molecular complexity index is 578. The highest BCUT2D eigenvalue weighted by atomic mass is 35.5. The molecule has 6 heteroatoms. The van der Waals surface area contributed by atoms with Gasteiger partial charge in [0.2, 0.25) is 11.7 Å². The number of hydrogen-bond donors (Lipinski definition) is 0. The summed E-state index contributed by atoms with van der Waals surface area (Å²) in [5.74, 6) is -2.03. The van der Waals surface area contributed by atoms with E-state index in [1.807, 2.05) is 0 Å². The van der Waals surface area contributed by atoms with Crippen molar-refractivity contribution in [1.29, 1.82) is 0 Å². The van der Waals surface area contributed by atoms with Crippen molar-refractivity contribution in [3.63, 3.8) is 0 Å². The van der Waals surface area contributed by atoms with Crippen LogP contribution >= 0.6 is 23.2 Å². The first kappa shape index (κ1) is 13.1. The molecule has 0 aliphatic heterocycles. The molecule has 0 bridgehead atoms. The van der Waals surface area contributed by atoms with E-state index >= 15 is 0 Å². The molecular formula is C12H7Cl2F2NO. The Morgan fingerprint density at radius 3 is 2.78 bits per heavy atom. The van der Waals surface area contributed by atoms with Crippen molar-refractivity contribution in [3.8, 4) is 11.6 Å². The van der Waals surface area contributed by atoms with E-state index in [1.165, 1.54) is 24.4 Å². The van der Waals surface area contributed by atoms with Crippen molar-refractivity contribution >= 4 is 23.2 Å². The van der Waals surface area contributed by atoms with E-state index in [0.29, 0.717) is 10.6 Å². The second kappa shape index (κ2) is 5.50. The molecule has 94 valence electrons. The molecule has 0 fully saturated rings. The lowest BCUT2D eigenvalue weighted by Gasteiger charge is -2.07. The fraction of sp³-hybridized carbons (Fsp3) is 0.0833. The number of pyridine rings is 1. The van der Waals surface area contributed by atoms with Crippen LogP contribution in [0.15, 0.2) is 30.5 Å². The van der Waals surface area contributed by atoms with Gasteiger partial charge >= 0.3 is 0 Å². The number of rotatable bonds is 3. The van der Waals surface area contributed by atoms with E-state index in [4.69, 9.17) is 27.9 Å². The number of benzene rings is 1. The van der Waals surface area contributed by atoms with Gasteiger partial charge in [0, 0.05) is 18.1 Å². The lowest BCUT2D eigenvalue weighted by atomic mass is 10.3. The van der Waals surface area contributed by atoms with Crippen LogP contribution in [0.1, 0.15) is 5.56 Å². The Hall–Kier alpha value is -1.39. The zero-order valence-corrected chi connectivity index (χ0v) is 10.5. The van der Waals surface area contributed by atoms with Gasteiger partial charge in [-0.25, -0.2) is 9.37 Å². The summed E-state index contributed by atoms with van der Waals surface area (Å²) in [7, 11) is 0. The van der Waals surface area contributed by atoms with Crippen LogP contribution in [-0.2, 0) is 5.88 Å². The van der Waals surface area contributed by atoms with E-state index < -0.39 is 11.6 Å². The standard InChI is InChI=1S/C12H7Cl2F2NO/c13-5-7-4-11(17-6-8(7)14)18-10-3-1-2-9(15)12(10)16/h1-4,6H,5H2. The molecule has 18 heavy (non-hydrogen) atoms. The first-order valence-corrected chi connectivity index (χ1v) is 5.85. The fourth-order valence-corrected chi connectivity index (χ4v) is 1.75. The smallest absolute Gasteiger partial charge is 0.219 e. The minimum absolute atomic E-state index is 0.0968. The molecule has 0 unspecified atom stereocenters. The summed E-state index contributed by atoms with van der Waals surface area (Å²) in [6.45, 7) is 0. The normalized spacial score (nSPS) is 10.4. The van der Waals surface area contributed by atoms with Crippen molar-refractivity contribution in [2.45, 2.75) is 5.88 Å². The molecule has 1 aromatic heterocycles. The van der Waals surface area contributed by atoms with Crippen LogP contribution in [0.3, 0.4) is 0 Å². The molecule has 2 nitrogen and oxygen atoms in total. The molecule has 0 aliphatic carbocycles. The van der Waals surface area contributed by atoms with E-state index in [9.17, 15) is 8.78 Å². The van der Waals surface area contributed by atoms with Gasteiger partial charge in [-0.15, -0.1) is 11.6 Å². The maximum atomic E-state index is 13.4. The Morgan fingerprint density at radius 1 is 1.28 bits per heavy atom. The largest absolute Gasteiger partial charge is 0.436 e. The molecule has 0 radical (unpaired) electrons. The van der Waals surface area contributed by atoms with Gasteiger partial charge in [0.25, 0.3) is 0 Å². The van der Waals surface area contributed by atoms with Gasteiger partial charge in [0.05, 0.1) is 5.02 Å². The Kier molecular flexibility index (Phi) is 3.99. The number of aromatic nitrogens is 1. The second-order valence-electron chi connectivity index (χ2n) is 3.40. The molecule has 0 atom stereocenters. The van der Waals surface area contributed by atoms with E-state index in [2.05, 4.69) is 4.98 Å². The molecular weight excluding hydrogens is 283 g/mol. The van der Waals surface area contributed by atoms with Crippen LogP contribution in [0.25, 0.3) is 0 Å². The molecule has 1 heterocycles. The Balaban J connectivity index is 2.31. The highest BCUT2D eigenvalue weighted by Crippen LogP contribution is 2.27. The summed E-state index contributed by atoms with van der Waals surface area (Å²) in [6, 6.07) is 5.11. The van der Waals surface area contributed by atoms with Crippen LogP contribution in [0, 0.1) is 11.6 Å². The van der Waals surface area contributed by atoms with Crippen molar-refractivity contribution < 1.29 is 13.5 Å². The molecule has 0 spiro atoms. The highest BCUT2D eigenvalue weighted by molar-refractivity contribution is 6.32. The third kappa shape index (κ3) is 2.71.